The van der Waals surface area contributed by atoms with Crippen LogP contribution in [0.15, 0.2) is 152 Å². The molecule has 0 atom stereocenters. The number of pyridine rings is 2. The second-order valence-electron chi connectivity index (χ2n) is 11.0. The Balaban J connectivity index is 1.45. The zero-order chi connectivity index (χ0) is 27.7. The molecule has 1 aliphatic carbocycles. The van der Waals surface area contributed by atoms with Crippen LogP contribution in [0, 0.1) is 0 Å². The maximum absolute atomic E-state index is 5.00. The van der Waals surface area contributed by atoms with Crippen molar-refractivity contribution < 1.29 is 0 Å². The Morgan fingerprint density at radius 2 is 1.14 bits per heavy atom. The third-order valence-corrected chi connectivity index (χ3v) is 8.93. The molecule has 8 aromatic rings. The summed E-state index contributed by atoms with van der Waals surface area (Å²) >= 11 is 0. The summed E-state index contributed by atoms with van der Waals surface area (Å²) < 4.78 is 2.42. The van der Waals surface area contributed by atoms with Gasteiger partial charge in [-0.25, -0.2) is 0 Å². The summed E-state index contributed by atoms with van der Waals surface area (Å²) in [5.41, 5.74) is 9.71. The minimum absolute atomic E-state index is 0.646. The number of fused-ring (bicyclic) bond motifs is 7. The van der Waals surface area contributed by atoms with Crippen molar-refractivity contribution in [3.8, 4) is 16.8 Å². The van der Waals surface area contributed by atoms with Gasteiger partial charge in [-0.1, -0.05) is 84.9 Å². The molecule has 3 heteroatoms. The second-order valence-corrected chi connectivity index (χ2v) is 11.0. The Morgan fingerprint density at radius 3 is 1.93 bits per heavy atom. The summed E-state index contributed by atoms with van der Waals surface area (Å²) in [6.45, 7) is 0. The van der Waals surface area contributed by atoms with Crippen LogP contribution in [0.4, 0.5) is 0 Å². The molecule has 42 heavy (non-hydrogen) atoms. The van der Waals surface area contributed by atoms with E-state index in [0.717, 1.165) is 17.1 Å². The number of para-hydroxylation sites is 1. The van der Waals surface area contributed by atoms with E-state index in [1.165, 1.54) is 54.8 Å². The van der Waals surface area contributed by atoms with Crippen LogP contribution in [0.5, 0.6) is 0 Å². The van der Waals surface area contributed by atoms with Crippen molar-refractivity contribution in [3.05, 3.63) is 174 Å². The van der Waals surface area contributed by atoms with Gasteiger partial charge in [0.2, 0.25) is 0 Å². The molecule has 0 fully saturated rings. The maximum atomic E-state index is 5.00. The Morgan fingerprint density at radius 1 is 0.452 bits per heavy atom. The van der Waals surface area contributed by atoms with Gasteiger partial charge in [-0.2, -0.15) is 0 Å². The highest BCUT2D eigenvalue weighted by molar-refractivity contribution is 6.12. The fourth-order valence-corrected chi connectivity index (χ4v) is 7.18. The van der Waals surface area contributed by atoms with Crippen LogP contribution in [0.2, 0.25) is 0 Å². The van der Waals surface area contributed by atoms with Gasteiger partial charge in [0.05, 0.1) is 22.4 Å². The fourth-order valence-electron chi connectivity index (χ4n) is 7.18. The Hall–Kier alpha value is -5.54. The lowest BCUT2D eigenvalue weighted by Gasteiger charge is -2.31. The van der Waals surface area contributed by atoms with E-state index < -0.39 is 5.41 Å². The van der Waals surface area contributed by atoms with Gasteiger partial charge in [-0.15, -0.1) is 0 Å². The van der Waals surface area contributed by atoms with Gasteiger partial charge in [-0.3, -0.25) is 9.97 Å². The molecule has 0 spiro atoms. The van der Waals surface area contributed by atoms with E-state index in [4.69, 9.17) is 9.97 Å². The van der Waals surface area contributed by atoms with Gasteiger partial charge in [-0.05, 0) is 87.6 Å². The van der Waals surface area contributed by atoms with E-state index >= 15 is 0 Å². The minimum atomic E-state index is -0.646. The second kappa shape index (κ2) is 8.73. The smallest absolute Gasteiger partial charge is 0.106 e. The Bertz CT molecular complexity index is 2260. The molecular formula is C39H25N3. The van der Waals surface area contributed by atoms with E-state index in [0.29, 0.717) is 0 Å². The number of hydrogen-bond acceptors (Lipinski definition) is 2. The predicted octanol–water partition coefficient (Wildman–Crippen LogP) is 9.09. The van der Waals surface area contributed by atoms with Crippen LogP contribution >= 0.6 is 0 Å². The quantitative estimate of drug-likeness (QED) is 0.226. The molecule has 0 saturated heterocycles. The van der Waals surface area contributed by atoms with Gasteiger partial charge in [0.15, 0.2) is 0 Å². The summed E-state index contributed by atoms with van der Waals surface area (Å²) in [6.07, 6.45) is 3.79. The molecule has 196 valence electrons. The van der Waals surface area contributed by atoms with Gasteiger partial charge in [0.1, 0.15) is 5.41 Å². The number of benzene rings is 5. The molecule has 5 aromatic carbocycles. The number of aromatic nitrogens is 3. The average Bonchev–Trinajstić information content (AvgIpc) is 3.54. The van der Waals surface area contributed by atoms with Crippen molar-refractivity contribution in [3.63, 3.8) is 0 Å². The highest BCUT2D eigenvalue weighted by atomic mass is 15.0. The van der Waals surface area contributed by atoms with Gasteiger partial charge >= 0.3 is 0 Å². The van der Waals surface area contributed by atoms with Crippen LogP contribution in [-0.2, 0) is 5.41 Å². The van der Waals surface area contributed by atoms with Gasteiger partial charge in [0.25, 0.3) is 0 Å². The first kappa shape index (κ1) is 23.2. The summed E-state index contributed by atoms with van der Waals surface area (Å²) in [5.74, 6) is 0. The maximum Gasteiger partial charge on any atom is 0.106 e. The van der Waals surface area contributed by atoms with Crippen LogP contribution < -0.4 is 0 Å². The first-order chi connectivity index (χ1) is 20.8. The van der Waals surface area contributed by atoms with Gasteiger partial charge < -0.3 is 4.57 Å². The molecule has 0 radical (unpaired) electrons. The van der Waals surface area contributed by atoms with Crippen molar-refractivity contribution in [1.29, 1.82) is 0 Å². The van der Waals surface area contributed by atoms with Crippen molar-refractivity contribution >= 4 is 32.6 Å². The number of nitrogens with zero attached hydrogens (tertiary/aromatic N) is 3. The molecule has 0 unspecified atom stereocenters. The lowest BCUT2D eigenvalue weighted by Crippen LogP contribution is -2.30. The topological polar surface area (TPSA) is 30.7 Å². The average molecular weight is 536 g/mol. The molecule has 3 aromatic heterocycles. The number of rotatable bonds is 3. The van der Waals surface area contributed by atoms with Crippen molar-refractivity contribution in [2.45, 2.75) is 5.41 Å². The SMILES string of the molecule is c1ccc(C2(c3ccccn3)c3ccccc3-c3cc4c5ccccc5n(-c5ccc6ccccc6c5)c4cc32)nc1. The monoisotopic (exact) mass is 535 g/mol. The summed E-state index contributed by atoms with van der Waals surface area (Å²) in [4.78, 5) is 10.00. The molecule has 9 rings (SSSR count). The Kier molecular flexibility index (Phi) is 4.82. The summed E-state index contributed by atoms with van der Waals surface area (Å²) in [5, 5.41) is 4.95. The highest BCUT2D eigenvalue weighted by Gasteiger charge is 2.48. The fraction of sp³-hybridized carbons (Fsp3) is 0.0256. The standard InChI is InChI=1S/C39H25N3/c1-2-12-27-23-28(20-19-26(27)11-1)42-35-16-6-4-14-30(35)32-24-31-29-13-3-5-15-33(29)39(34(31)25-36(32)42,37-17-7-9-21-40-37)38-18-8-10-22-41-38/h1-25H. The van der Waals surface area contributed by atoms with Crippen molar-refractivity contribution in [1.82, 2.24) is 14.5 Å². The molecule has 0 bridgehead atoms. The number of hydrogen-bond donors (Lipinski definition) is 0. The minimum Gasteiger partial charge on any atom is -0.309 e. The first-order valence-electron chi connectivity index (χ1n) is 14.3. The van der Waals surface area contributed by atoms with E-state index in [1.54, 1.807) is 0 Å². The van der Waals surface area contributed by atoms with Crippen LogP contribution in [-0.4, -0.2) is 14.5 Å². The van der Waals surface area contributed by atoms with Crippen LogP contribution in [0.25, 0.3) is 49.4 Å². The molecule has 0 amide bonds. The van der Waals surface area contributed by atoms with Gasteiger partial charge in [0, 0.05) is 28.9 Å². The summed E-state index contributed by atoms with van der Waals surface area (Å²) in [6, 6.07) is 50.1. The van der Waals surface area contributed by atoms with E-state index in [-0.39, 0.29) is 0 Å². The highest BCUT2D eigenvalue weighted by Crippen LogP contribution is 2.56. The molecule has 3 nitrogen and oxygen atoms in total. The van der Waals surface area contributed by atoms with Crippen LogP contribution in [0.3, 0.4) is 0 Å². The zero-order valence-electron chi connectivity index (χ0n) is 22.8. The predicted molar refractivity (Wildman–Crippen MR) is 171 cm³/mol. The van der Waals surface area contributed by atoms with Crippen molar-refractivity contribution in [2.75, 3.05) is 0 Å². The van der Waals surface area contributed by atoms with E-state index in [9.17, 15) is 0 Å². The molecule has 3 heterocycles. The molecule has 0 aliphatic heterocycles. The van der Waals surface area contributed by atoms with E-state index in [2.05, 4.69) is 132 Å². The molecular weight excluding hydrogens is 510 g/mol. The lowest BCUT2D eigenvalue weighted by molar-refractivity contribution is 0.706. The van der Waals surface area contributed by atoms with Crippen molar-refractivity contribution in [2.24, 2.45) is 0 Å². The zero-order valence-corrected chi connectivity index (χ0v) is 22.8. The molecule has 0 saturated carbocycles. The normalized spacial score (nSPS) is 13.4. The lowest BCUT2D eigenvalue weighted by atomic mass is 9.72. The third kappa shape index (κ3) is 3.05. The van der Waals surface area contributed by atoms with E-state index in [1.807, 2.05) is 24.5 Å². The first-order valence-corrected chi connectivity index (χ1v) is 14.3. The van der Waals surface area contributed by atoms with Crippen LogP contribution in [0.1, 0.15) is 22.5 Å². The molecule has 1 aliphatic rings. The largest absolute Gasteiger partial charge is 0.309 e. The Labute approximate surface area is 243 Å². The molecule has 0 N–H and O–H groups in total. The summed E-state index contributed by atoms with van der Waals surface area (Å²) in [7, 11) is 0. The third-order valence-electron chi connectivity index (χ3n) is 8.93.